The summed E-state index contributed by atoms with van der Waals surface area (Å²) in [6, 6.07) is 1.36. The van der Waals surface area contributed by atoms with Crippen LogP contribution in [-0.2, 0) is 0 Å². The number of benzene rings is 2. The molecule has 0 radical (unpaired) electrons. The smallest absolute Gasteiger partial charge is 0.870 e. The molecule has 0 bridgehead atoms. The second-order valence-corrected chi connectivity index (χ2v) is 4.73. The van der Waals surface area contributed by atoms with Gasteiger partial charge in [0.2, 0.25) is 0 Å². The molecule has 2 aromatic carbocycles. The van der Waals surface area contributed by atoms with Crippen molar-refractivity contribution in [1.29, 1.82) is 0 Å². The average Bonchev–Trinajstić information content (AvgIpc) is 2.58. The molecule has 0 aliphatic heterocycles. The third kappa shape index (κ3) is 7.32. The van der Waals surface area contributed by atoms with Crippen molar-refractivity contribution in [2.24, 2.45) is 0 Å². The third-order valence-electron chi connectivity index (χ3n) is 2.96. The number of phenolic OH excluding ortho intramolecular Hbond substituents is 1. The van der Waals surface area contributed by atoms with Crippen LogP contribution in [0.5, 0.6) is 5.75 Å². The van der Waals surface area contributed by atoms with Gasteiger partial charge in [-0.15, -0.1) is 0 Å². The van der Waals surface area contributed by atoms with E-state index >= 15 is 0 Å². The quantitative estimate of drug-likeness (QED) is 0.303. The fourth-order valence-corrected chi connectivity index (χ4v) is 1.73. The van der Waals surface area contributed by atoms with Crippen LogP contribution in [0.3, 0.4) is 0 Å². The fourth-order valence-electron chi connectivity index (χ4n) is 1.73. The van der Waals surface area contributed by atoms with Crippen LogP contribution < -0.4 is 51.4 Å². The monoisotopic (exact) mass is 460 g/mol. The number of aromatic carboxylic acids is 2. The van der Waals surface area contributed by atoms with E-state index in [0.717, 1.165) is 0 Å². The van der Waals surface area contributed by atoms with Crippen molar-refractivity contribution in [3.8, 4) is 5.75 Å². The Labute approximate surface area is 205 Å². The van der Waals surface area contributed by atoms with Gasteiger partial charge in [-0.25, -0.2) is 22.8 Å². The summed E-state index contributed by atoms with van der Waals surface area (Å²) in [5.41, 5.74) is -3.51. The number of aromatic hydroxyl groups is 1. The SMILES string of the molecule is O=C(O)c1cc(F)c(F)cc1[N+](=O)[O-].O=C(O)c1cc(O)c(F)cc1[N+](=O)[O-].[K+].[OH-]. The van der Waals surface area contributed by atoms with Gasteiger partial charge in [-0.2, -0.15) is 0 Å². The van der Waals surface area contributed by atoms with Crippen molar-refractivity contribution in [2.45, 2.75) is 0 Å². The first-order valence-electron chi connectivity index (χ1n) is 6.63. The van der Waals surface area contributed by atoms with Gasteiger partial charge in [0.05, 0.1) is 22.0 Å². The van der Waals surface area contributed by atoms with E-state index in [4.69, 9.17) is 15.3 Å². The molecule has 0 heterocycles. The van der Waals surface area contributed by atoms with Gasteiger partial charge in [0.15, 0.2) is 23.2 Å². The molecule has 2 aromatic rings. The molecule has 0 saturated heterocycles. The Bertz CT molecular complexity index is 845. The van der Waals surface area contributed by atoms with Gasteiger partial charge < -0.3 is 20.8 Å². The van der Waals surface area contributed by atoms with Gasteiger partial charge in [-0.05, 0) is 6.07 Å². The number of phenols is 1. The number of rotatable bonds is 4. The number of halogens is 3. The molecule has 0 unspecified atom stereocenters. The van der Waals surface area contributed by atoms with Gasteiger partial charge in [0.25, 0.3) is 11.4 Å². The molecule has 0 saturated carbocycles. The summed E-state index contributed by atoms with van der Waals surface area (Å²) >= 11 is 0. The van der Waals surface area contributed by atoms with Crippen molar-refractivity contribution in [3.05, 3.63) is 73.1 Å². The molecule has 0 amide bonds. The maximum absolute atomic E-state index is 12.6. The van der Waals surface area contributed by atoms with Crippen LogP contribution in [0.2, 0.25) is 0 Å². The summed E-state index contributed by atoms with van der Waals surface area (Å²) in [6.45, 7) is 0. The molecule has 16 heteroatoms. The Morgan fingerprint density at radius 2 is 1.10 bits per heavy atom. The Morgan fingerprint density at radius 1 is 0.767 bits per heavy atom. The molecule has 12 nitrogen and oxygen atoms in total. The van der Waals surface area contributed by atoms with Crippen LogP contribution in [-0.4, -0.2) is 42.6 Å². The molecule has 0 aromatic heterocycles. The second-order valence-electron chi connectivity index (χ2n) is 4.73. The summed E-state index contributed by atoms with van der Waals surface area (Å²) < 4.78 is 37.7. The minimum atomic E-state index is -1.68. The number of nitrogens with zero attached hydrogens (tertiary/aromatic N) is 2. The number of nitro groups is 2. The van der Waals surface area contributed by atoms with E-state index < -0.39 is 67.5 Å². The van der Waals surface area contributed by atoms with Gasteiger partial charge in [-0.1, -0.05) is 0 Å². The van der Waals surface area contributed by atoms with E-state index in [2.05, 4.69) is 0 Å². The number of carboxylic acids is 2. The second kappa shape index (κ2) is 12.2. The number of hydrogen-bond donors (Lipinski definition) is 3. The molecule has 0 aliphatic carbocycles. The zero-order valence-electron chi connectivity index (χ0n) is 14.6. The van der Waals surface area contributed by atoms with Crippen LogP contribution in [0, 0.1) is 37.7 Å². The summed E-state index contributed by atoms with van der Waals surface area (Å²) in [4.78, 5) is 39.2. The topological polar surface area (TPSA) is 211 Å². The summed E-state index contributed by atoms with van der Waals surface area (Å²) in [5, 5.41) is 46.2. The van der Waals surface area contributed by atoms with Crippen molar-refractivity contribution in [1.82, 2.24) is 0 Å². The molecular formula is C14H8F3KN2O10. The average molecular weight is 460 g/mol. The van der Waals surface area contributed by atoms with Crippen molar-refractivity contribution in [2.75, 3.05) is 0 Å². The Morgan fingerprint density at radius 3 is 1.47 bits per heavy atom. The van der Waals surface area contributed by atoms with Crippen LogP contribution in [0.15, 0.2) is 24.3 Å². The normalized spacial score (nSPS) is 9.17. The zero-order chi connectivity index (χ0) is 21.8. The minimum Gasteiger partial charge on any atom is -0.870 e. The summed E-state index contributed by atoms with van der Waals surface area (Å²) in [6.07, 6.45) is 0. The number of carboxylic acid groups (broad SMARTS) is 2. The zero-order valence-corrected chi connectivity index (χ0v) is 17.7. The van der Waals surface area contributed by atoms with Crippen molar-refractivity contribution in [3.63, 3.8) is 0 Å². The van der Waals surface area contributed by atoms with E-state index in [9.17, 15) is 43.0 Å². The Balaban J connectivity index is 0. The number of carbonyl (C=O) groups is 2. The van der Waals surface area contributed by atoms with E-state index in [-0.39, 0.29) is 69.0 Å². The molecule has 156 valence electrons. The van der Waals surface area contributed by atoms with Crippen LogP contribution in [0.1, 0.15) is 20.7 Å². The minimum absolute atomic E-state index is 0. The number of hydrogen-bond acceptors (Lipinski definition) is 8. The molecule has 4 N–H and O–H groups in total. The fraction of sp³-hybridized carbons (Fsp3) is 0. The van der Waals surface area contributed by atoms with E-state index in [0.29, 0.717) is 12.1 Å². The molecule has 2 rings (SSSR count). The molecule has 0 atom stereocenters. The molecule has 0 aliphatic rings. The van der Waals surface area contributed by atoms with E-state index in [1.54, 1.807) is 0 Å². The van der Waals surface area contributed by atoms with Crippen molar-refractivity contribution < 1.29 is 105 Å². The van der Waals surface area contributed by atoms with Crippen molar-refractivity contribution >= 4 is 23.3 Å². The Hall–Kier alpha value is -2.63. The van der Waals surface area contributed by atoms with E-state index in [1.807, 2.05) is 0 Å². The first-order chi connectivity index (χ1) is 12.9. The van der Waals surface area contributed by atoms with Crippen LogP contribution in [0.4, 0.5) is 24.5 Å². The largest absolute Gasteiger partial charge is 1.00 e. The van der Waals surface area contributed by atoms with Gasteiger partial charge in [0.1, 0.15) is 11.1 Å². The summed E-state index contributed by atoms with van der Waals surface area (Å²) in [5.74, 6) is -8.35. The molecule has 30 heavy (non-hydrogen) atoms. The first kappa shape index (κ1) is 29.6. The van der Waals surface area contributed by atoms with Crippen LogP contribution in [0.25, 0.3) is 0 Å². The molecular weight excluding hydrogens is 452 g/mol. The first-order valence-corrected chi connectivity index (χ1v) is 6.63. The predicted octanol–water partition coefficient (Wildman–Crippen LogP) is -0.464. The van der Waals surface area contributed by atoms with Gasteiger partial charge in [0, 0.05) is 6.07 Å². The standard InChI is InChI=1S/C7H3F2NO4.C7H4FNO5.K.H2O/c8-4-1-3(7(11)12)6(10(13)14)2-5(4)9;8-4-2-5(9(13)14)3(7(11)12)1-6(4)10;;/h1-2H,(H,11,12);1-2,10H,(H,11,12);;1H2/q;;+1;/p-1. The van der Waals surface area contributed by atoms with Gasteiger partial charge >= 0.3 is 63.3 Å². The summed E-state index contributed by atoms with van der Waals surface area (Å²) in [7, 11) is 0. The van der Waals surface area contributed by atoms with Gasteiger partial charge in [-0.3, -0.25) is 20.2 Å². The molecule has 0 fully saturated rings. The maximum Gasteiger partial charge on any atom is 1.00 e. The third-order valence-corrected chi connectivity index (χ3v) is 2.96. The Kier molecular flexibility index (Phi) is 12.0. The predicted molar refractivity (Wildman–Crippen MR) is 83.6 cm³/mol. The van der Waals surface area contributed by atoms with E-state index in [1.165, 1.54) is 0 Å². The number of nitro benzene ring substituents is 2. The molecule has 0 spiro atoms. The van der Waals surface area contributed by atoms with Crippen LogP contribution >= 0.6 is 0 Å². The maximum atomic E-state index is 12.6.